The van der Waals surface area contributed by atoms with Crippen LogP contribution in [0.5, 0.6) is 0 Å². The fourth-order valence-corrected chi connectivity index (χ4v) is 7.08. The fraction of sp³-hybridized carbons (Fsp3) is 0.171. The first-order chi connectivity index (χ1) is 21.2. The van der Waals surface area contributed by atoms with Crippen LogP contribution in [0.1, 0.15) is 49.4 Å². The van der Waals surface area contributed by atoms with E-state index in [2.05, 4.69) is 128 Å². The molecule has 0 bridgehead atoms. The number of aromatic nitrogens is 2. The quantitative estimate of drug-likeness (QED) is 0.202. The second kappa shape index (κ2) is 10.8. The van der Waals surface area contributed by atoms with E-state index in [0.717, 1.165) is 22.1 Å². The van der Waals surface area contributed by atoms with Crippen molar-refractivity contribution in [3.63, 3.8) is 0 Å². The Hall–Kier alpha value is -4.82. The van der Waals surface area contributed by atoms with Gasteiger partial charge in [-0.05, 0) is 76.1 Å². The van der Waals surface area contributed by atoms with E-state index in [-0.39, 0.29) is 0 Å². The molecule has 1 aliphatic carbocycles. The van der Waals surface area contributed by atoms with Crippen molar-refractivity contribution in [1.82, 2.24) is 9.97 Å². The van der Waals surface area contributed by atoms with Crippen molar-refractivity contribution < 1.29 is 0 Å². The van der Waals surface area contributed by atoms with Crippen molar-refractivity contribution in [2.24, 2.45) is 0 Å². The van der Waals surface area contributed by atoms with Crippen LogP contribution in [0.3, 0.4) is 0 Å². The molecule has 0 N–H and O–H groups in total. The third-order valence-electron chi connectivity index (χ3n) is 9.34. The van der Waals surface area contributed by atoms with E-state index in [9.17, 15) is 0 Å². The Balaban J connectivity index is 1.26. The molecule has 1 fully saturated rings. The van der Waals surface area contributed by atoms with Gasteiger partial charge in [0.05, 0.1) is 11.0 Å². The summed E-state index contributed by atoms with van der Waals surface area (Å²) >= 11 is 0. The van der Waals surface area contributed by atoms with Gasteiger partial charge in [-0.25, -0.2) is 0 Å². The monoisotopic (exact) mass is 554 g/mol. The zero-order chi connectivity index (χ0) is 28.8. The molecular formula is C41H34N2. The molecule has 2 aromatic heterocycles. The molecule has 0 amide bonds. The van der Waals surface area contributed by atoms with Crippen LogP contribution < -0.4 is 0 Å². The Bertz CT molecular complexity index is 2100. The molecule has 2 heterocycles. The molecule has 0 saturated heterocycles. The van der Waals surface area contributed by atoms with E-state index in [0.29, 0.717) is 5.92 Å². The number of nitrogens with zero attached hydrogens (tertiary/aromatic N) is 2. The van der Waals surface area contributed by atoms with Crippen LogP contribution in [0, 0.1) is 6.92 Å². The molecule has 43 heavy (non-hydrogen) atoms. The van der Waals surface area contributed by atoms with Gasteiger partial charge in [-0.2, -0.15) is 0 Å². The first-order valence-electron chi connectivity index (χ1n) is 15.6. The molecule has 0 unspecified atom stereocenters. The van der Waals surface area contributed by atoms with E-state index in [1.165, 1.54) is 87.3 Å². The zero-order valence-electron chi connectivity index (χ0n) is 24.6. The van der Waals surface area contributed by atoms with Crippen LogP contribution in [-0.4, -0.2) is 9.97 Å². The van der Waals surface area contributed by atoms with E-state index in [4.69, 9.17) is 9.97 Å². The molecule has 2 nitrogen and oxygen atoms in total. The summed E-state index contributed by atoms with van der Waals surface area (Å²) in [6, 6.07) is 44.2. The summed E-state index contributed by atoms with van der Waals surface area (Å²) in [6.07, 6.45) is 6.36. The lowest BCUT2D eigenvalue weighted by Gasteiger charge is -2.22. The van der Waals surface area contributed by atoms with Gasteiger partial charge in [0.25, 0.3) is 0 Å². The van der Waals surface area contributed by atoms with Crippen molar-refractivity contribution in [1.29, 1.82) is 0 Å². The van der Waals surface area contributed by atoms with Crippen LogP contribution in [0.2, 0.25) is 0 Å². The van der Waals surface area contributed by atoms with Gasteiger partial charge in [0, 0.05) is 28.1 Å². The molecule has 0 spiro atoms. The van der Waals surface area contributed by atoms with Crippen LogP contribution in [-0.2, 0) is 0 Å². The lowest BCUT2D eigenvalue weighted by molar-refractivity contribution is 0.437. The van der Waals surface area contributed by atoms with Gasteiger partial charge >= 0.3 is 0 Å². The molecule has 208 valence electrons. The average Bonchev–Trinajstić information content (AvgIpc) is 3.08. The predicted molar refractivity (Wildman–Crippen MR) is 181 cm³/mol. The number of fused-ring (bicyclic) bond motifs is 4. The second-order valence-electron chi connectivity index (χ2n) is 12.1. The fourth-order valence-electron chi connectivity index (χ4n) is 7.08. The van der Waals surface area contributed by atoms with Crippen LogP contribution >= 0.6 is 0 Å². The first-order valence-corrected chi connectivity index (χ1v) is 15.6. The third-order valence-corrected chi connectivity index (χ3v) is 9.34. The van der Waals surface area contributed by atoms with Gasteiger partial charge < -0.3 is 0 Å². The third kappa shape index (κ3) is 4.68. The summed E-state index contributed by atoms with van der Waals surface area (Å²) < 4.78 is 0. The summed E-state index contributed by atoms with van der Waals surface area (Å²) in [5, 5.41) is 4.88. The van der Waals surface area contributed by atoms with E-state index < -0.39 is 0 Å². The van der Waals surface area contributed by atoms with Gasteiger partial charge in [0.15, 0.2) is 0 Å². The Morgan fingerprint density at radius 3 is 1.79 bits per heavy atom. The maximum absolute atomic E-state index is 5.32. The molecule has 7 aromatic rings. The Kier molecular flexibility index (Phi) is 6.48. The first kappa shape index (κ1) is 25.9. The zero-order valence-corrected chi connectivity index (χ0v) is 24.6. The maximum Gasteiger partial charge on any atom is 0.0974 e. The van der Waals surface area contributed by atoms with Crippen molar-refractivity contribution >= 4 is 32.6 Å². The second-order valence-corrected chi connectivity index (χ2v) is 12.1. The van der Waals surface area contributed by atoms with E-state index >= 15 is 0 Å². The number of pyridine rings is 2. The SMILES string of the molecule is Cc1ccc2ccc3c(-c4ccc(-c5ccc(-c6ccccc6)c6ccccc56)cc4)cc(C4CCCCC4)nc3c2n1. The molecule has 0 radical (unpaired) electrons. The smallest absolute Gasteiger partial charge is 0.0974 e. The van der Waals surface area contributed by atoms with Crippen molar-refractivity contribution in [3.05, 3.63) is 133 Å². The molecule has 1 aliphatic rings. The molecule has 5 aromatic carbocycles. The van der Waals surface area contributed by atoms with Crippen molar-refractivity contribution in [2.75, 3.05) is 0 Å². The molecule has 8 rings (SSSR count). The summed E-state index contributed by atoms with van der Waals surface area (Å²) in [4.78, 5) is 10.3. The predicted octanol–water partition coefficient (Wildman–Crippen LogP) is 11.3. The normalized spacial score (nSPS) is 14.1. The minimum Gasteiger partial charge on any atom is -0.251 e. The van der Waals surface area contributed by atoms with Gasteiger partial charge in [0.2, 0.25) is 0 Å². The molecule has 1 saturated carbocycles. The molecular weight excluding hydrogens is 520 g/mol. The van der Waals surface area contributed by atoms with Gasteiger partial charge in [-0.3, -0.25) is 9.97 Å². The highest BCUT2D eigenvalue weighted by Gasteiger charge is 2.20. The highest BCUT2D eigenvalue weighted by Crippen LogP contribution is 2.40. The van der Waals surface area contributed by atoms with Gasteiger partial charge in [-0.15, -0.1) is 0 Å². The summed E-state index contributed by atoms with van der Waals surface area (Å²) in [5.41, 5.74) is 11.8. The lowest BCUT2D eigenvalue weighted by Crippen LogP contribution is -2.07. The number of rotatable bonds is 4. The highest BCUT2D eigenvalue weighted by molar-refractivity contribution is 6.09. The number of aryl methyl sites for hydroxylation is 1. The van der Waals surface area contributed by atoms with E-state index in [1.54, 1.807) is 0 Å². The van der Waals surface area contributed by atoms with Crippen LogP contribution in [0.25, 0.3) is 66.0 Å². The van der Waals surface area contributed by atoms with Gasteiger partial charge in [0.1, 0.15) is 0 Å². The lowest BCUT2D eigenvalue weighted by atomic mass is 9.85. The highest BCUT2D eigenvalue weighted by atomic mass is 14.8. The van der Waals surface area contributed by atoms with Crippen molar-refractivity contribution in [2.45, 2.75) is 44.9 Å². The Labute approximate surface area is 253 Å². The maximum atomic E-state index is 5.32. The summed E-state index contributed by atoms with van der Waals surface area (Å²) in [5.74, 6) is 0.519. The number of hydrogen-bond acceptors (Lipinski definition) is 2. The standard InChI is InChI=1S/C41H34N2/c1-27-16-17-32-22-23-37-38(26-39(31-12-6-3-7-13-31)43-41(37)40(32)42-27)30-20-18-29(19-21-30)34-25-24-33(28-10-4-2-5-11-28)35-14-8-9-15-36(34)35/h2,4-5,8-11,14-26,31H,3,6-7,12-13H2,1H3. The topological polar surface area (TPSA) is 25.8 Å². The van der Waals surface area contributed by atoms with Crippen molar-refractivity contribution in [3.8, 4) is 33.4 Å². The minimum atomic E-state index is 0.519. The number of hydrogen-bond donors (Lipinski definition) is 0. The van der Waals surface area contributed by atoms with Crippen LogP contribution in [0.4, 0.5) is 0 Å². The summed E-state index contributed by atoms with van der Waals surface area (Å²) in [6.45, 7) is 2.07. The molecule has 0 atom stereocenters. The largest absolute Gasteiger partial charge is 0.251 e. The van der Waals surface area contributed by atoms with Gasteiger partial charge in [-0.1, -0.05) is 128 Å². The van der Waals surface area contributed by atoms with Crippen LogP contribution in [0.15, 0.2) is 121 Å². The number of benzene rings is 5. The minimum absolute atomic E-state index is 0.519. The molecule has 2 heteroatoms. The average molecular weight is 555 g/mol. The Morgan fingerprint density at radius 1 is 0.488 bits per heavy atom. The molecule has 0 aliphatic heterocycles. The summed E-state index contributed by atoms with van der Waals surface area (Å²) in [7, 11) is 0. The van der Waals surface area contributed by atoms with E-state index in [1.807, 2.05) is 0 Å². The Morgan fingerprint density at radius 2 is 1.09 bits per heavy atom.